The van der Waals surface area contributed by atoms with E-state index in [1.165, 1.54) is 12.8 Å². The molecular weight excluding hydrogens is 438 g/mol. The van der Waals surface area contributed by atoms with Crippen molar-refractivity contribution in [2.24, 2.45) is 17.6 Å². The minimum Gasteiger partial charge on any atom is -0.378 e. The first-order valence-electron chi connectivity index (χ1n) is 12.9. The van der Waals surface area contributed by atoms with Crippen LogP contribution >= 0.6 is 0 Å². The number of carbonyl (C=O) groups is 2. The van der Waals surface area contributed by atoms with E-state index < -0.39 is 0 Å². The number of anilines is 3. The van der Waals surface area contributed by atoms with Crippen LogP contribution in [0.25, 0.3) is 0 Å². The highest BCUT2D eigenvalue weighted by Gasteiger charge is 2.47. The Balaban J connectivity index is 1.75. The number of carbonyl (C=O) groups excluding carboxylic acids is 2. The molecule has 4 N–H and O–H groups in total. The summed E-state index contributed by atoms with van der Waals surface area (Å²) in [6.45, 7) is 8.44. The minimum atomic E-state index is -0.0978. The second kappa shape index (κ2) is 10.7. The standard InChI is InChI=1S/C28H39N5O2/c1-5-15-32(16-14-29)23-12-13-25-24(17-23)26(18(2)27(20-6-7-20)33(25)19(3)34)31-22-10-8-21(9-11-22)28(35)30-4/h8-13,17-18,20,26-27,31H,5-7,14-16,29H2,1-4H3,(H,30,35). The van der Waals surface area contributed by atoms with Crippen molar-refractivity contribution in [1.29, 1.82) is 0 Å². The van der Waals surface area contributed by atoms with Gasteiger partial charge in [-0.15, -0.1) is 0 Å². The van der Waals surface area contributed by atoms with Crippen LogP contribution in [0.4, 0.5) is 17.1 Å². The van der Waals surface area contributed by atoms with Crippen LogP contribution in [0.5, 0.6) is 0 Å². The molecule has 188 valence electrons. The summed E-state index contributed by atoms with van der Waals surface area (Å²) < 4.78 is 0. The van der Waals surface area contributed by atoms with Crippen molar-refractivity contribution in [1.82, 2.24) is 5.32 Å². The molecule has 2 amide bonds. The van der Waals surface area contributed by atoms with Gasteiger partial charge in [-0.1, -0.05) is 13.8 Å². The molecule has 7 heteroatoms. The Morgan fingerprint density at radius 3 is 2.40 bits per heavy atom. The fourth-order valence-corrected chi connectivity index (χ4v) is 5.59. The Labute approximate surface area is 209 Å². The Hall–Kier alpha value is -3.06. The lowest BCUT2D eigenvalue weighted by Crippen LogP contribution is -2.51. The molecule has 2 aromatic rings. The Morgan fingerprint density at radius 1 is 1.11 bits per heavy atom. The van der Waals surface area contributed by atoms with Crippen LogP contribution < -0.4 is 26.2 Å². The fourth-order valence-electron chi connectivity index (χ4n) is 5.59. The lowest BCUT2D eigenvalue weighted by atomic mass is 9.79. The lowest BCUT2D eigenvalue weighted by Gasteiger charge is -2.46. The highest BCUT2D eigenvalue weighted by atomic mass is 16.2. The van der Waals surface area contributed by atoms with Gasteiger partial charge in [-0.2, -0.15) is 0 Å². The van der Waals surface area contributed by atoms with Crippen LogP contribution in [-0.4, -0.2) is 44.5 Å². The van der Waals surface area contributed by atoms with Crippen molar-refractivity contribution >= 4 is 28.9 Å². The fraction of sp³-hybridized carbons (Fsp3) is 0.500. The summed E-state index contributed by atoms with van der Waals surface area (Å²) in [6, 6.07) is 14.3. The summed E-state index contributed by atoms with van der Waals surface area (Å²) in [7, 11) is 1.64. The van der Waals surface area contributed by atoms with Gasteiger partial charge in [0.1, 0.15) is 0 Å². The number of nitrogens with two attached hydrogens (primary N) is 1. The molecule has 35 heavy (non-hydrogen) atoms. The van der Waals surface area contributed by atoms with Crippen molar-refractivity contribution in [2.75, 3.05) is 41.8 Å². The lowest BCUT2D eigenvalue weighted by molar-refractivity contribution is -0.117. The molecule has 3 unspecified atom stereocenters. The molecule has 4 rings (SSSR count). The van der Waals surface area contributed by atoms with Crippen molar-refractivity contribution < 1.29 is 9.59 Å². The van der Waals surface area contributed by atoms with Gasteiger partial charge in [0.25, 0.3) is 5.91 Å². The van der Waals surface area contributed by atoms with Crippen molar-refractivity contribution in [3.63, 3.8) is 0 Å². The van der Waals surface area contributed by atoms with Crippen molar-refractivity contribution in [3.8, 4) is 0 Å². The van der Waals surface area contributed by atoms with Gasteiger partial charge in [0.15, 0.2) is 0 Å². The van der Waals surface area contributed by atoms with E-state index in [1.54, 1.807) is 14.0 Å². The highest BCUT2D eigenvalue weighted by molar-refractivity contribution is 5.95. The molecule has 0 radical (unpaired) electrons. The second-order valence-electron chi connectivity index (χ2n) is 9.87. The maximum absolute atomic E-state index is 12.9. The maximum Gasteiger partial charge on any atom is 0.251 e. The van der Waals surface area contributed by atoms with Crippen LogP contribution in [0.3, 0.4) is 0 Å². The summed E-state index contributed by atoms with van der Waals surface area (Å²) in [4.78, 5) is 29.3. The van der Waals surface area contributed by atoms with Gasteiger partial charge in [0.2, 0.25) is 5.91 Å². The molecule has 3 atom stereocenters. The van der Waals surface area contributed by atoms with Crippen LogP contribution in [0, 0.1) is 11.8 Å². The van der Waals surface area contributed by atoms with E-state index in [9.17, 15) is 9.59 Å². The molecule has 2 aromatic carbocycles. The highest BCUT2D eigenvalue weighted by Crippen LogP contribution is 2.50. The van der Waals surface area contributed by atoms with Crippen LogP contribution in [0.1, 0.15) is 62.0 Å². The zero-order valence-electron chi connectivity index (χ0n) is 21.4. The Kier molecular flexibility index (Phi) is 7.65. The molecule has 1 aliphatic heterocycles. The monoisotopic (exact) mass is 477 g/mol. The molecule has 1 aliphatic carbocycles. The maximum atomic E-state index is 12.9. The number of amides is 2. The van der Waals surface area contributed by atoms with Gasteiger partial charge >= 0.3 is 0 Å². The van der Waals surface area contributed by atoms with Crippen molar-refractivity contribution in [2.45, 2.75) is 52.1 Å². The molecule has 0 spiro atoms. The third kappa shape index (κ3) is 5.15. The number of nitrogens with zero attached hydrogens (tertiary/aromatic N) is 2. The second-order valence-corrected chi connectivity index (χ2v) is 9.87. The average molecular weight is 478 g/mol. The van der Waals surface area contributed by atoms with E-state index >= 15 is 0 Å². The molecule has 1 heterocycles. The SMILES string of the molecule is CCCN(CCN)c1ccc2c(c1)C(Nc1ccc(C(=O)NC)cc1)C(C)C(C1CC1)N2C(C)=O. The van der Waals surface area contributed by atoms with E-state index in [1.807, 2.05) is 29.2 Å². The summed E-state index contributed by atoms with van der Waals surface area (Å²) in [5.41, 5.74) is 10.8. The number of benzene rings is 2. The summed E-state index contributed by atoms with van der Waals surface area (Å²) in [5.74, 6) is 0.764. The zero-order chi connectivity index (χ0) is 25.1. The molecule has 2 aliphatic rings. The third-order valence-corrected chi connectivity index (χ3v) is 7.37. The van der Waals surface area contributed by atoms with E-state index in [4.69, 9.17) is 5.73 Å². The topological polar surface area (TPSA) is 90.7 Å². The van der Waals surface area contributed by atoms with Gasteiger partial charge < -0.3 is 26.2 Å². The Morgan fingerprint density at radius 2 is 1.83 bits per heavy atom. The third-order valence-electron chi connectivity index (χ3n) is 7.37. The largest absolute Gasteiger partial charge is 0.378 e. The van der Waals surface area contributed by atoms with Gasteiger partial charge in [-0.05, 0) is 67.6 Å². The number of hydrogen-bond acceptors (Lipinski definition) is 5. The quantitative estimate of drug-likeness (QED) is 0.505. The van der Waals surface area contributed by atoms with Crippen LogP contribution in [-0.2, 0) is 4.79 Å². The first-order valence-corrected chi connectivity index (χ1v) is 12.9. The molecule has 0 bridgehead atoms. The van der Waals surface area contributed by atoms with Gasteiger partial charge in [-0.25, -0.2) is 0 Å². The predicted molar refractivity (Wildman–Crippen MR) is 143 cm³/mol. The van der Waals surface area contributed by atoms with Crippen LogP contribution in [0.2, 0.25) is 0 Å². The predicted octanol–water partition coefficient (Wildman–Crippen LogP) is 4.16. The molecule has 0 saturated heterocycles. The first-order chi connectivity index (χ1) is 16.9. The number of fused-ring (bicyclic) bond motifs is 1. The van der Waals surface area contributed by atoms with E-state index in [-0.39, 0.29) is 29.8 Å². The first kappa shape index (κ1) is 25.0. The molecule has 1 fully saturated rings. The summed E-state index contributed by atoms with van der Waals surface area (Å²) >= 11 is 0. The molecule has 1 saturated carbocycles. The normalized spacial score (nSPS) is 21.3. The smallest absolute Gasteiger partial charge is 0.251 e. The van der Waals surface area contributed by atoms with Crippen LogP contribution in [0.15, 0.2) is 42.5 Å². The molecule has 0 aromatic heterocycles. The van der Waals surface area contributed by atoms with Crippen molar-refractivity contribution in [3.05, 3.63) is 53.6 Å². The zero-order valence-corrected chi connectivity index (χ0v) is 21.4. The molecular formula is C28H39N5O2. The number of hydrogen-bond donors (Lipinski definition) is 3. The number of nitrogens with one attached hydrogen (secondary N) is 2. The Bertz CT molecular complexity index is 1040. The average Bonchev–Trinajstić information content (AvgIpc) is 3.70. The molecule has 7 nitrogen and oxygen atoms in total. The number of rotatable bonds is 9. The van der Waals surface area contributed by atoms with E-state index in [0.29, 0.717) is 18.0 Å². The van der Waals surface area contributed by atoms with Gasteiger partial charge in [-0.3, -0.25) is 9.59 Å². The van der Waals surface area contributed by atoms with E-state index in [0.717, 1.165) is 42.1 Å². The van der Waals surface area contributed by atoms with Gasteiger partial charge in [0.05, 0.1) is 6.04 Å². The van der Waals surface area contributed by atoms with Gasteiger partial charge in [0, 0.05) is 73.8 Å². The summed E-state index contributed by atoms with van der Waals surface area (Å²) in [5, 5.41) is 6.43. The minimum absolute atomic E-state index is 0.0401. The summed E-state index contributed by atoms with van der Waals surface area (Å²) in [6.07, 6.45) is 3.37. The van der Waals surface area contributed by atoms with E-state index in [2.05, 4.69) is 47.6 Å².